The summed E-state index contributed by atoms with van der Waals surface area (Å²) in [5.74, 6) is -0.482. The van der Waals surface area contributed by atoms with Crippen molar-refractivity contribution in [3.8, 4) is 0 Å². The summed E-state index contributed by atoms with van der Waals surface area (Å²) in [4.78, 5) is 24.5. The first-order valence-electron chi connectivity index (χ1n) is 9.17. The molecule has 8 nitrogen and oxygen atoms in total. The molecule has 30 heavy (non-hydrogen) atoms. The van der Waals surface area contributed by atoms with Crippen LogP contribution in [0.15, 0.2) is 41.2 Å². The Morgan fingerprint density at radius 3 is 2.50 bits per heavy atom. The molecule has 0 aliphatic heterocycles. The fourth-order valence-corrected chi connectivity index (χ4v) is 5.06. The van der Waals surface area contributed by atoms with Crippen LogP contribution < -0.4 is 14.5 Å². The largest absolute Gasteiger partial charge is 0.324 e. The first-order chi connectivity index (χ1) is 14.0. The molecular formula is C20H24N4O4S2. The molecule has 1 N–H and O–H groups in total. The molecule has 0 aliphatic carbocycles. The topological polar surface area (TPSA) is 91.7 Å². The fraction of sp³-hybridized carbons (Fsp3) is 0.300. The highest BCUT2D eigenvalue weighted by Crippen LogP contribution is 2.26. The van der Waals surface area contributed by atoms with Crippen LogP contribution in [0.5, 0.6) is 0 Å². The minimum atomic E-state index is -3.89. The number of hydrogen-bond donors (Lipinski definition) is 1. The molecule has 0 fully saturated rings. The van der Waals surface area contributed by atoms with Crippen LogP contribution in [-0.4, -0.2) is 43.8 Å². The van der Waals surface area contributed by atoms with Crippen LogP contribution in [0.1, 0.15) is 11.1 Å². The van der Waals surface area contributed by atoms with E-state index in [4.69, 9.17) is 0 Å². The molecule has 3 aromatic rings. The molecule has 1 amide bonds. The molecule has 160 valence electrons. The lowest BCUT2D eigenvalue weighted by molar-refractivity contribution is -0.114. The summed E-state index contributed by atoms with van der Waals surface area (Å²) in [6, 6.07) is 10.6. The van der Waals surface area contributed by atoms with Gasteiger partial charge in [0.05, 0.1) is 15.9 Å². The van der Waals surface area contributed by atoms with Gasteiger partial charge in [0.1, 0.15) is 6.54 Å². The number of fused-ring (bicyclic) bond motifs is 1. The van der Waals surface area contributed by atoms with E-state index in [9.17, 15) is 18.0 Å². The molecule has 0 aliphatic rings. The second kappa shape index (κ2) is 8.21. The lowest BCUT2D eigenvalue weighted by Gasteiger charge is -2.28. The smallest absolute Gasteiger partial charge is 0.307 e. The van der Waals surface area contributed by atoms with Gasteiger partial charge in [-0.1, -0.05) is 23.5 Å². The molecule has 0 saturated heterocycles. The lowest BCUT2D eigenvalue weighted by atomic mass is 10.1. The number of aromatic nitrogens is 1. The van der Waals surface area contributed by atoms with Crippen LogP contribution in [0.3, 0.4) is 0 Å². The number of carbonyl (C=O) groups excluding carboxylic acids is 1. The highest BCUT2D eigenvalue weighted by Gasteiger charge is 2.28. The Morgan fingerprint density at radius 1 is 1.13 bits per heavy atom. The third-order valence-corrected chi connectivity index (χ3v) is 7.54. The molecule has 0 bridgehead atoms. The van der Waals surface area contributed by atoms with Gasteiger partial charge in [0, 0.05) is 26.8 Å². The van der Waals surface area contributed by atoms with E-state index in [0.717, 1.165) is 41.3 Å². The van der Waals surface area contributed by atoms with E-state index in [1.165, 1.54) is 18.7 Å². The van der Waals surface area contributed by atoms with Crippen LogP contribution >= 0.6 is 11.3 Å². The molecule has 10 heteroatoms. The monoisotopic (exact) mass is 448 g/mol. The van der Waals surface area contributed by atoms with Crippen LogP contribution in [0.2, 0.25) is 0 Å². The molecule has 0 saturated carbocycles. The maximum absolute atomic E-state index is 12.9. The number of anilines is 2. The van der Waals surface area contributed by atoms with E-state index in [1.54, 1.807) is 38.2 Å². The number of aryl methyl sites for hydroxylation is 3. The van der Waals surface area contributed by atoms with E-state index < -0.39 is 16.1 Å². The van der Waals surface area contributed by atoms with Gasteiger partial charge in [0.25, 0.3) is 0 Å². The predicted molar refractivity (Wildman–Crippen MR) is 122 cm³/mol. The molecule has 3 rings (SSSR count). The Hall–Kier alpha value is -2.69. The molecule has 1 aromatic heterocycles. The third kappa shape index (κ3) is 4.25. The zero-order chi connectivity index (χ0) is 22.2. The van der Waals surface area contributed by atoms with Crippen LogP contribution in [0.4, 0.5) is 11.4 Å². The maximum Gasteiger partial charge on any atom is 0.307 e. The maximum atomic E-state index is 12.9. The Labute approximate surface area is 179 Å². The summed E-state index contributed by atoms with van der Waals surface area (Å²) < 4.78 is 30.3. The van der Waals surface area contributed by atoms with Gasteiger partial charge in [-0.2, -0.15) is 12.7 Å². The predicted octanol–water partition coefficient (Wildman–Crippen LogP) is 2.47. The van der Waals surface area contributed by atoms with Crippen molar-refractivity contribution in [1.82, 2.24) is 8.87 Å². The SMILES string of the molecule is Cc1ccc(C)c(N(CC(=O)Nc2ccc3c(c2)sc(=O)n3C)S(=O)(=O)N(C)C)c1. The van der Waals surface area contributed by atoms with Crippen molar-refractivity contribution in [2.24, 2.45) is 7.05 Å². The average molecular weight is 449 g/mol. The minimum Gasteiger partial charge on any atom is -0.324 e. The van der Waals surface area contributed by atoms with E-state index in [2.05, 4.69) is 5.32 Å². The molecule has 0 atom stereocenters. The number of rotatable bonds is 6. The number of nitrogens with one attached hydrogen (secondary N) is 1. The number of benzene rings is 2. The Balaban J connectivity index is 1.92. The third-order valence-electron chi connectivity index (χ3n) is 4.74. The van der Waals surface area contributed by atoms with E-state index >= 15 is 0 Å². The summed E-state index contributed by atoms with van der Waals surface area (Å²) in [5, 5.41) is 2.74. The Bertz CT molecular complexity index is 1280. The van der Waals surface area contributed by atoms with Crippen molar-refractivity contribution >= 4 is 49.0 Å². The van der Waals surface area contributed by atoms with Gasteiger partial charge in [-0.3, -0.25) is 9.59 Å². The zero-order valence-electron chi connectivity index (χ0n) is 17.5. The summed E-state index contributed by atoms with van der Waals surface area (Å²) >= 11 is 1.09. The second-order valence-electron chi connectivity index (χ2n) is 7.24. The van der Waals surface area contributed by atoms with Gasteiger partial charge in [0.15, 0.2) is 0 Å². The van der Waals surface area contributed by atoms with Crippen molar-refractivity contribution in [2.45, 2.75) is 13.8 Å². The molecule has 0 unspecified atom stereocenters. The Morgan fingerprint density at radius 2 is 1.83 bits per heavy atom. The minimum absolute atomic E-state index is 0.0911. The quantitative estimate of drug-likeness (QED) is 0.627. The van der Waals surface area contributed by atoms with Gasteiger partial charge in [-0.15, -0.1) is 0 Å². The normalized spacial score (nSPS) is 11.8. The summed E-state index contributed by atoms with van der Waals surface area (Å²) in [6.45, 7) is 3.29. The number of amides is 1. The van der Waals surface area contributed by atoms with Crippen molar-refractivity contribution in [1.29, 1.82) is 0 Å². The first-order valence-corrected chi connectivity index (χ1v) is 11.4. The van der Waals surface area contributed by atoms with Crippen LogP contribution in [-0.2, 0) is 22.1 Å². The van der Waals surface area contributed by atoms with Crippen molar-refractivity contribution in [2.75, 3.05) is 30.3 Å². The van der Waals surface area contributed by atoms with Gasteiger partial charge in [-0.05, 0) is 49.2 Å². The molecule has 1 heterocycles. The van der Waals surface area contributed by atoms with Gasteiger partial charge < -0.3 is 9.88 Å². The average Bonchev–Trinajstić information content (AvgIpc) is 2.95. The molecule has 0 radical (unpaired) electrons. The highest BCUT2D eigenvalue weighted by molar-refractivity contribution is 7.90. The van der Waals surface area contributed by atoms with E-state index in [0.29, 0.717) is 11.4 Å². The van der Waals surface area contributed by atoms with Gasteiger partial charge >= 0.3 is 15.1 Å². The van der Waals surface area contributed by atoms with E-state index in [-0.39, 0.29) is 11.4 Å². The van der Waals surface area contributed by atoms with Crippen molar-refractivity contribution in [3.05, 3.63) is 57.2 Å². The van der Waals surface area contributed by atoms with Gasteiger partial charge in [-0.25, -0.2) is 4.31 Å². The van der Waals surface area contributed by atoms with Gasteiger partial charge in [0.2, 0.25) is 5.91 Å². The number of hydrogen-bond acceptors (Lipinski definition) is 5. The Kier molecular flexibility index (Phi) is 6.02. The van der Waals surface area contributed by atoms with Crippen LogP contribution in [0, 0.1) is 13.8 Å². The zero-order valence-corrected chi connectivity index (χ0v) is 19.1. The standard InChI is InChI=1S/C20H24N4O4S2/c1-13-6-7-14(2)17(10-13)24(30(27,28)22(3)4)12-19(25)21-15-8-9-16-18(11-15)29-20(26)23(16)5/h6-11H,12H2,1-5H3,(H,21,25). The number of carbonyl (C=O) groups is 1. The van der Waals surface area contributed by atoms with Crippen LogP contribution in [0.25, 0.3) is 10.2 Å². The molecule has 0 spiro atoms. The second-order valence-corrected chi connectivity index (χ2v) is 10.3. The number of nitrogens with zero attached hydrogens (tertiary/aromatic N) is 3. The molecule has 2 aromatic carbocycles. The van der Waals surface area contributed by atoms with E-state index in [1.807, 2.05) is 19.1 Å². The summed E-state index contributed by atoms with van der Waals surface area (Å²) in [6.07, 6.45) is 0. The van der Waals surface area contributed by atoms with Crippen molar-refractivity contribution in [3.63, 3.8) is 0 Å². The fourth-order valence-electron chi connectivity index (χ4n) is 3.02. The molecular weight excluding hydrogens is 424 g/mol. The summed E-state index contributed by atoms with van der Waals surface area (Å²) in [5.41, 5.74) is 3.36. The summed E-state index contributed by atoms with van der Waals surface area (Å²) in [7, 11) is 0.650. The number of thiazole rings is 1. The highest BCUT2D eigenvalue weighted by atomic mass is 32.2. The lowest BCUT2D eigenvalue weighted by Crippen LogP contribution is -2.44. The van der Waals surface area contributed by atoms with Crippen molar-refractivity contribution < 1.29 is 13.2 Å². The first kappa shape index (κ1) is 22.0.